The molecule has 2 aromatic rings. The van der Waals surface area contributed by atoms with Crippen molar-refractivity contribution in [3.8, 4) is 11.3 Å². The number of aromatic nitrogens is 1. The summed E-state index contributed by atoms with van der Waals surface area (Å²) in [7, 11) is 1.79. The van der Waals surface area contributed by atoms with Crippen molar-refractivity contribution in [3.63, 3.8) is 0 Å². The second-order valence-corrected chi connectivity index (χ2v) is 5.43. The van der Waals surface area contributed by atoms with E-state index < -0.39 is 0 Å². The minimum atomic E-state index is 0.0684. The lowest BCUT2D eigenvalue weighted by Crippen LogP contribution is -2.39. The summed E-state index contributed by atoms with van der Waals surface area (Å²) in [5, 5.41) is 0. The number of hydrogen-bond donors (Lipinski definition) is 1. The summed E-state index contributed by atoms with van der Waals surface area (Å²) < 4.78 is 5.72. The quantitative estimate of drug-likeness (QED) is 0.852. The number of rotatable bonds is 7. The van der Waals surface area contributed by atoms with Crippen LogP contribution in [0, 0.1) is 0 Å². The Labute approximate surface area is 131 Å². The van der Waals surface area contributed by atoms with Crippen molar-refractivity contribution in [2.45, 2.75) is 32.2 Å². The minimum Gasteiger partial charge on any atom is -0.441 e. The highest BCUT2D eigenvalue weighted by molar-refractivity contribution is 5.76. The largest absolute Gasteiger partial charge is 0.441 e. The topological polar surface area (TPSA) is 72.4 Å². The van der Waals surface area contributed by atoms with E-state index in [1.807, 2.05) is 37.3 Å². The zero-order valence-electron chi connectivity index (χ0n) is 13.2. The zero-order chi connectivity index (χ0) is 15.9. The number of nitrogens with two attached hydrogens (primary N) is 1. The van der Waals surface area contributed by atoms with E-state index in [2.05, 4.69) is 4.98 Å². The van der Waals surface area contributed by atoms with Crippen LogP contribution in [-0.2, 0) is 11.2 Å². The number of benzene rings is 1. The van der Waals surface area contributed by atoms with Crippen molar-refractivity contribution in [2.75, 3.05) is 13.6 Å². The normalized spacial score (nSPS) is 12.1. The van der Waals surface area contributed by atoms with Crippen LogP contribution in [0.4, 0.5) is 0 Å². The predicted octanol–water partition coefficient (Wildman–Crippen LogP) is 2.47. The number of nitrogens with zero attached hydrogens (tertiary/aromatic N) is 2. The van der Waals surface area contributed by atoms with E-state index in [1.54, 1.807) is 18.1 Å². The molecule has 1 amide bonds. The van der Waals surface area contributed by atoms with Gasteiger partial charge in [-0.15, -0.1) is 0 Å². The lowest BCUT2D eigenvalue weighted by atomic mass is 10.2. The molecule has 5 nitrogen and oxygen atoms in total. The van der Waals surface area contributed by atoms with E-state index in [9.17, 15) is 4.79 Å². The van der Waals surface area contributed by atoms with Gasteiger partial charge in [0, 0.05) is 38.0 Å². The van der Waals surface area contributed by atoms with Gasteiger partial charge in [0.15, 0.2) is 11.7 Å². The second kappa shape index (κ2) is 7.75. The molecule has 1 heterocycles. The van der Waals surface area contributed by atoms with E-state index in [4.69, 9.17) is 10.2 Å². The Bertz CT molecular complexity index is 595. The third-order valence-corrected chi connectivity index (χ3v) is 3.79. The fourth-order valence-corrected chi connectivity index (χ4v) is 2.13. The molecule has 0 aliphatic carbocycles. The van der Waals surface area contributed by atoms with Crippen molar-refractivity contribution in [1.82, 2.24) is 9.88 Å². The van der Waals surface area contributed by atoms with Crippen LogP contribution in [0.15, 0.2) is 40.9 Å². The number of carbonyl (C=O) groups excluding carboxylic acids is 1. The number of aryl methyl sites for hydroxylation is 1. The molecule has 0 saturated heterocycles. The third kappa shape index (κ3) is 4.18. The molecule has 0 fully saturated rings. The van der Waals surface area contributed by atoms with Gasteiger partial charge in [-0.1, -0.05) is 30.3 Å². The van der Waals surface area contributed by atoms with Gasteiger partial charge in [0.25, 0.3) is 0 Å². The van der Waals surface area contributed by atoms with Crippen molar-refractivity contribution in [3.05, 3.63) is 42.4 Å². The van der Waals surface area contributed by atoms with Gasteiger partial charge in [-0.2, -0.15) is 0 Å². The Morgan fingerprint density at radius 2 is 2.09 bits per heavy atom. The molecule has 1 atom stereocenters. The molecule has 118 valence electrons. The Kier molecular flexibility index (Phi) is 5.72. The number of carbonyl (C=O) groups is 1. The lowest BCUT2D eigenvalue weighted by molar-refractivity contribution is -0.131. The molecule has 1 aromatic heterocycles. The first-order valence-corrected chi connectivity index (χ1v) is 7.57. The highest BCUT2D eigenvalue weighted by Gasteiger charge is 2.14. The standard InChI is InChI=1S/C17H23N3O2/c1-13(11-18)20(2)17(21)10-6-9-16-19-12-15(22-16)14-7-4-3-5-8-14/h3-5,7-8,12-13H,6,9-11,18H2,1-2H3. The van der Waals surface area contributed by atoms with Gasteiger partial charge < -0.3 is 15.1 Å². The SMILES string of the molecule is CC(CN)N(C)C(=O)CCCc1ncc(-c2ccccc2)o1. The van der Waals surface area contributed by atoms with Gasteiger partial charge >= 0.3 is 0 Å². The highest BCUT2D eigenvalue weighted by Crippen LogP contribution is 2.20. The number of amides is 1. The minimum absolute atomic E-state index is 0.0684. The molecule has 0 spiro atoms. The average molecular weight is 301 g/mol. The fraction of sp³-hybridized carbons (Fsp3) is 0.412. The molecule has 0 saturated carbocycles. The van der Waals surface area contributed by atoms with Crippen LogP contribution in [0.25, 0.3) is 11.3 Å². The van der Waals surface area contributed by atoms with Crippen molar-refractivity contribution in [1.29, 1.82) is 0 Å². The Balaban J connectivity index is 1.83. The summed E-state index contributed by atoms with van der Waals surface area (Å²) >= 11 is 0. The highest BCUT2D eigenvalue weighted by atomic mass is 16.4. The molecule has 1 unspecified atom stereocenters. The maximum absolute atomic E-state index is 12.0. The van der Waals surface area contributed by atoms with Gasteiger partial charge in [0.05, 0.1) is 6.20 Å². The molecule has 1 aromatic carbocycles. The first kappa shape index (κ1) is 16.2. The Morgan fingerprint density at radius 1 is 1.36 bits per heavy atom. The summed E-state index contributed by atoms with van der Waals surface area (Å²) in [6, 6.07) is 9.92. The molecular weight excluding hydrogens is 278 g/mol. The van der Waals surface area contributed by atoms with E-state index in [-0.39, 0.29) is 11.9 Å². The second-order valence-electron chi connectivity index (χ2n) is 5.43. The van der Waals surface area contributed by atoms with Crippen LogP contribution >= 0.6 is 0 Å². The fourth-order valence-electron chi connectivity index (χ4n) is 2.13. The number of oxazole rings is 1. The molecule has 0 radical (unpaired) electrons. The van der Waals surface area contributed by atoms with Crippen LogP contribution in [0.1, 0.15) is 25.7 Å². The summed E-state index contributed by atoms with van der Waals surface area (Å²) in [6.07, 6.45) is 3.58. The van der Waals surface area contributed by atoms with Crippen LogP contribution in [0.2, 0.25) is 0 Å². The third-order valence-electron chi connectivity index (χ3n) is 3.79. The number of hydrogen-bond acceptors (Lipinski definition) is 4. The molecule has 0 bridgehead atoms. The van der Waals surface area contributed by atoms with Crippen LogP contribution < -0.4 is 5.73 Å². The van der Waals surface area contributed by atoms with Crippen LogP contribution in [0.5, 0.6) is 0 Å². The maximum atomic E-state index is 12.0. The smallest absolute Gasteiger partial charge is 0.222 e. The van der Waals surface area contributed by atoms with E-state index in [1.165, 1.54) is 0 Å². The van der Waals surface area contributed by atoms with Crippen LogP contribution in [0.3, 0.4) is 0 Å². The summed E-state index contributed by atoms with van der Waals surface area (Å²) in [4.78, 5) is 18.0. The van der Waals surface area contributed by atoms with Crippen molar-refractivity contribution < 1.29 is 9.21 Å². The van der Waals surface area contributed by atoms with E-state index in [0.717, 1.165) is 17.7 Å². The van der Waals surface area contributed by atoms with Gasteiger partial charge in [-0.05, 0) is 13.3 Å². The van der Waals surface area contributed by atoms with Gasteiger partial charge in [-0.25, -0.2) is 4.98 Å². The van der Waals surface area contributed by atoms with E-state index in [0.29, 0.717) is 25.3 Å². The summed E-state index contributed by atoms with van der Waals surface area (Å²) in [5.41, 5.74) is 6.58. The van der Waals surface area contributed by atoms with Gasteiger partial charge in [0.1, 0.15) is 0 Å². The van der Waals surface area contributed by atoms with Crippen molar-refractivity contribution >= 4 is 5.91 Å². The number of likely N-dealkylation sites (N-methyl/N-ethyl adjacent to an activating group) is 1. The first-order valence-electron chi connectivity index (χ1n) is 7.57. The molecule has 5 heteroatoms. The van der Waals surface area contributed by atoms with E-state index >= 15 is 0 Å². The molecule has 2 rings (SSSR count). The lowest BCUT2D eigenvalue weighted by Gasteiger charge is -2.23. The van der Waals surface area contributed by atoms with Gasteiger partial charge in [0.2, 0.25) is 5.91 Å². The Morgan fingerprint density at radius 3 is 2.77 bits per heavy atom. The molecular formula is C17H23N3O2. The Hall–Kier alpha value is -2.14. The summed E-state index contributed by atoms with van der Waals surface area (Å²) in [5.74, 6) is 1.53. The van der Waals surface area contributed by atoms with Crippen molar-refractivity contribution in [2.24, 2.45) is 5.73 Å². The van der Waals surface area contributed by atoms with Gasteiger partial charge in [-0.3, -0.25) is 4.79 Å². The molecule has 0 aliphatic heterocycles. The molecule has 22 heavy (non-hydrogen) atoms. The average Bonchev–Trinajstić information content (AvgIpc) is 3.03. The monoisotopic (exact) mass is 301 g/mol. The molecule has 0 aliphatic rings. The summed E-state index contributed by atoms with van der Waals surface area (Å²) in [6.45, 7) is 2.42. The predicted molar refractivity (Wildman–Crippen MR) is 86.2 cm³/mol. The zero-order valence-corrected chi connectivity index (χ0v) is 13.2. The maximum Gasteiger partial charge on any atom is 0.222 e. The first-order chi connectivity index (χ1) is 10.6. The van der Waals surface area contributed by atoms with Crippen LogP contribution in [-0.4, -0.2) is 35.4 Å². The molecule has 2 N–H and O–H groups in total.